The minimum Gasteiger partial charge on any atom is -0.388 e. The second kappa shape index (κ2) is 5.59. The largest absolute Gasteiger partial charge is 0.388 e. The standard InChI is InChI=1S/C14H13BrFNO/c1-9-3-2-6-17-13(9)8-14(18)11-7-10(16)4-5-12(11)15/h2-7,14,18H,8H2,1H3. The number of benzene rings is 1. The average Bonchev–Trinajstić information content (AvgIpc) is 2.35. The smallest absolute Gasteiger partial charge is 0.123 e. The number of pyridine rings is 1. The van der Waals surface area contributed by atoms with E-state index in [0.29, 0.717) is 16.5 Å². The second-order valence-electron chi connectivity index (χ2n) is 4.15. The van der Waals surface area contributed by atoms with E-state index in [4.69, 9.17) is 0 Å². The minimum atomic E-state index is -0.774. The highest BCUT2D eigenvalue weighted by atomic mass is 79.9. The van der Waals surface area contributed by atoms with Crippen LogP contribution in [0.25, 0.3) is 0 Å². The zero-order valence-corrected chi connectivity index (χ0v) is 11.5. The molecule has 0 bridgehead atoms. The van der Waals surface area contributed by atoms with Crippen molar-refractivity contribution in [1.82, 2.24) is 4.98 Å². The first-order chi connectivity index (χ1) is 8.58. The molecule has 0 amide bonds. The molecule has 94 valence electrons. The fourth-order valence-corrected chi connectivity index (χ4v) is 2.31. The molecule has 1 N–H and O–H groups in total. The van der Waals surface area contributed by atoms with Crippen molar-refractivity contribution < 1.29 is 9.50 Å². The van der Waals surface area contributed by atoms with E-state index in [-0.39, 0.29) is 5.82 Å². The van der Waals surface area contributed by atoms with E-state index in [1.54, 1.807) is 12.3 Å². The van der Waals surface area contributed by atoms with Gasteiger partial charge < -0.3 is 5.11 Å². The average molecular weight is 310 g/mol. The maximum Gasteiger partial charge on any atom is 0.123 e. The summed E-state index contributed by atoms with van der Waals surface area (Å²) in [7, 11) is 0. The fourth-order valence-electron chi connectivity index (χ4n) is 1.80. The third-order valence-electron chi connectivity index (χ3n) is 2.82. The normalized spacial score (nSPS) is 12.4. The van der Waals surface area contributed by atoms with Gasteiger partial charge in [-0.2, -0.15) is 0 Å². The summed E-state index contributed by atoms with van der Waals surface area (Å²) in [5.41, 5.74) is 2.38. The molecular weight excluding hydrogens is 297 g/mol. The van der Waals surface area contributed by atoms with E-state index in [1.165, 1.54) is 12.1 Å². The second-order valence-corrected chi connectivity index (χ2v) is 5.01. The number of hydrogen-bond acceptors (Lipinski definition) is 2. The molecule has 1 unspecified atom stereocenters. The number of aliphatic hydroxyl groups is 1. The summed E-state index contributed by atoms with van der Waals surface area (Å²) in [6, 6.07) is 8.08. The number of hydrogen-bond donors (Lipinski definition) is 1. The van der Waals surface area contributed by atoms with Crippen LogP contribution >= 0.6 is 15.9 Å². The predicted molar refractivity (Wildman–Crippen MR) is 71.7 cm³/mol. The molecule has 1 atom stereocenters. The van der Waals surface area contributed by atoms with Crippen LogP contribution in [0.4, 0.5) is 4.39 Å². The zero-order chi connectivity index (χ0) is 13.1. The van der Waals surface area contributed by atoms with Crippen LogP contribution in [0, 0.1) is 12.7 Å². The number of aryl methyl sites for hydroxylation is 1. The molecule has 1 heterocycles. The minimum absolute atomic E-state index is 0.356. The molecule has 2 aromatic rings. The van der Waals surface area contributed by atoms with Gasteiger partial charge in [0.25, 0.3) is 0 Å². The third-order valence-corrected chi connectivity index (χ3v) is 3.54. The number of rotatable bonds is 3. The molecule has 0 radical (unpaired) electrons. The van der Waals surface area contributed by atoms with E-state index < -0.39 is 6.10 Å². The van der Waals surface area contributed by atoms with Crippen LogP contribution in [0.1, 0.15) is 22.9 Å². The van der Waals surface area contributed by atoms with Gasteiger partial charge in [0.2, 0.25) is 0 Å². The summed E-state index contributed by atoms with van der Waals surface area (Å²) in [5, 5.41) is 10.2. The molecule has 1 aromatic heterocycles. The first-order valence-corrected chi connectivity index (χ1v) is 6.40. The Morgan fingerprint density at radius 2 is 2.17 bits per heavy atom. The lowest BCUT2D eigenvalue weighted by Crippen LogP contribution is -2.06. The lowest BCUT2D eigenvalue weighted by Gasteiger charge is -2.13. The number of aromatic nitrogens is 1. The van der Waals surface area contributed by atoms with E-state index in [9.17, 15) is 9.50 Å². The highest BCUT2D eigenvalue weighted by Crippen LogP contribution is 2.27. The Morgan fingerprint density at radius 3 is 2.89 bits per heavy atom. The van der Waals surface area contributed by atoms with Crippen molar-refractivity contribution in [1.29, 1.82) is 0 Å². The third kappa shape index (κ3) is 2.94. The van der Waals surface area contributed by atoms with Gasteiger partial charge in [-0.25, -0.2) is 4.39 Å². The van der Waals surface area contributed by atoms with Crippen LogP contribution < -0.4 is 0 Å². The molecule has 4 heteroatoms. The summed E-state index contributed by atoms with van der Waals surface area (Å²) < 4.78 is 13.9. The van der Waals surface area contributed by atoms with Crippen LogP contribution in [-0.4, -0.2) is 10.1 Å². The lowest BCUT2D eigenvalue weighted by molar-refractivity contribution is 0.176. The van der Waals surface area contributed by atoms with E-state index in [1.807, 2.05) is 19.1 Å². The van der Waals surface area contributed by atoms with Gasteiger partial charge in [0.05, 0.1) is 6.10 Å². The van der Waals surface area contributed by atoms with Gasteiger partial charge in [0.15, 0.2) is 0 Å². The maximum absolute atomic E-state index is 13.2. The fraction of sp³-hybridized carbons (Fsp3) is 0.214. The highest BCUT2D eigenvalue weighted by molar-refractivity contribution is 9.10. The SMILES string of the molecule is Cc1cccnc1CC(O)c1cc(F)ccc1Br. The van der Waals surface area contributed by atoms with Crippen LogP contribution in [0.15, 0.2) is 41.0 Å². The Labute approximate surface area is 114 Å². The maximum atomic E-state index is 13.2. The van der Waals surface area contributed by atoms with Crippen LogP contribution in [0.5, 0.6) is 0 Å². The molecule has 0 aliphatic heterocycles. The first-order valence-electron chi connectivity index (χ1n) is 5.61. The molecule has 0 spiro atoms. The molecule has 0 aliphatic carbocycles. The van der Waals surface area contributed by atoms with Gasteiger partial charge in [-0.15, -0.1) is 0 Å². The van der Waals surface area contributed by atoms with Crippen LogP contribution in [0.2, 0.25) is 0 Å². The monoisotopic (exact) mass is 309 g/mol. The quantitative estimate of drug-likeness (QED) is 0.940. The molecule has 0 aliphatic rings. The van der Waals surface area contributed by atoms with Gasteiger partial charge in [-0.3, -0.25) is 4.98 Å². The van der Waals surface area contributed by atoms with Crippen molar-refractivity contribution >= 4 is 15.9 Å². The van der Waals surface area contributed by atoms with E-state index >= 15 is 0 Å². The Hall–Kier alpha value is -1.26. The Balaban J connectivity index is 2.25. The van der Waals surface area contributed by atoms with Crippen LogP contribution in [0.3, 0.4) is 0 Å². The van der Waals surface area contributed by atoms with Gasteiger partial charge in [0, 0.05) is 22.8 Å². The molecule has 1 aromatic carbocycles. The molecule has 18 heavy (non-hydrogen) atoms. The van der Waals surface area contributed by atoms with Crippen molar-refractivity contribution in [2.24, 2.45) is 0 Å². The van der Waals surface area contributed by atoms with Crippen molar-refractivity contribution in [2.75, 3.05) is 0 Å². The molecule has 0 saturated heterocycles. The Kier molecular flexibility index (Phi) is 4.09. The van der Waals surface area contributed by atoms with Gasteiger partial charge in [0.1, 0.15) is 5.82 Å². The van der Waals surface area contributed by atoms with Crippen molar-refractivity contribution in [3.63, 3.8) is 0 Å². The summed E-state index contributed by atoms with van der Waals surface area (Å²) in [4.78, 5) is 4.23. The molecule has 2 nitrogen and oxygen atoms in total. The van der Waals surface area contributed by atoms with Crippen molar-refractivity contribution in [2.45, 2.75) is 19.4 Å². The number of aliphatic hydroxyl groups excluding tert-OH is 1. The van der Waals surface area contributed by atoms with E-state index in [2.05, 4.69) is 20.9 Å². The molecule has 0 fully saturated rings. The summed E-state index contributed by atoms with van der Waals surface area (Å²) in [6.45, 7) is 1.94. The lowest BCUT2D eigenvalue weighted by atomic mass is 10.0. The predicted octanol–water partition coefficient (Wildman–Crippen LogP) is 3.57. The van der Waals surface area contributed by atoms with Gasteiger partial charge in [-0.05, 0) is 42.3 Å². The summed E-state index contributed by atoms with van der Waals surface area (Å²) in [5.74, 6) is -0.356. The molecule has 2 rings (SSSR count). The Morgan fingerprint density at radius 1 is 1.39 bits per heavy atom. The zero-order valence-electron chi connectivity index (χ0n) is 9.90. The summed E-state index contributed by atoms with van der Waals surface area (Å²) >= 11 is 3.32. The van der Waals surface area contributed by atoms with Gasteiger partial charge in [-0.1, -0.05) is 22.0 Å². The van der Waals surface area contributed by atoms with Crippen molar-refractivity contribution in [3.8, 4) is 0 Å². The highest BCUT2D eigenvalue weighted by Gasteiger charge is 2.14. The first kappa shape index (κ1) is 13.2. The summed E-state index contributed by atoms with van der Waals surface area (Å²) in [6.07, 6.45) is 1.29. The van der Waals surface area contributed by atoms with E-state index in [0.717, 1.165) is 11.3 Å². The Bertz CT molecular complexity index is 559. The number of nitrogens with zero attached hydrogens (tertiary/aromatic N) is 1. The molecule has 0 saturated carbocycles. The molecular formula is C14H13BrFNO. The van der Waals surface area contributed by atoms with Gasteiger partial charge >= 0.3 is 0 Å². The van der Waals surface area contributed by atoms with Crippen LogP contribution in [-0.2, 0) is 6.42 Å². The van der Waals surface area contributed by atoms with Crippen molar-refractivity contribution in [3.05, 3.63) is 63.6 Å². The number of halogens is 2. The topological polar surface area (TPSA) is 33.1 Å².